The molecule has 0 saturated carbocycles. The number of hydrogen-bond acceptors (Lipinski definition) is 5. The van der Waals surface area contributed by atoms with E-state index in [0.717, 1.165) is 56.4 Å². The molecule has 0 amide bonds. The summed E-state index contributed by atoms with van der Waals surface area (Å²) in [6.45, 7) is 2.81. The van der Waals surface area contributed by atoms with E-state index in [0.29, 0.717) is 12.5 Å². The van der Waals surface area contributed by atoms with Crippen LogP contribution in [0.25, 0.3) is 5.69 Å². The minimum atomic E-state index is -0.947. The van der Waals surface area contributed by atoms with Gasteiger partial charge < -0.3 is 14.6 Å². The van der Waals surface area contributed by atoms with Crippen molar-refractivity contribution in [2.75, 3.05) is 26.4 Å². The van der Waals surface area contributed by atoms with Crippen molar-refractivity contribution in [1.29, 1.82) is 0 Å². The van der Waals surface area contributed by atoms with Crippen LogP contribution in [0.3, 0.4) is 0 Å². The molecule has 2 saturated heterocycles. The molecule has 1 atom stereocenters. The van der Waals surface area contributed by atoms with Crippen LogP contribution in [0.4, 0.5) is 0 Å². The Morgan fingerprint density at radius 2 is 1.88 bits per heavy atom. The van der Waals surface area contributed by atoms with E-state index < -0.39 is 5.97 Å². The monoisotopic (exact) mass is 343 g/mol. The first-order chi connectivity index (χ1) is 12.2. The second kappa shape index (κ2) is 6.93. The molecule has 0 spiro atoms. The fourth-order valence-corrected chi connectivity index (χ4v) is 3.43. The molecule has 7 heteroatoms. The molecule has 2 aromatic rings. The normalized spacial score (nSPS) is 21.5. The largest absolute Gasteiger partial charge is 0.478 e. The summed E-state index contributed by atoms with van der Waals surface area (Å²) in [4.78, 5) is 16.1. The Bertz CT molecular complexity index is 761. The van der Waals surface area contributed by atoms with Gasteiger partial charge in [0.15, 0.2) is 5.82 Å². The number of benzene rings is 1. The van der Waals surface area contributed by atoms with Crippen LogP contribution in [0.5, 0.6) is 0 Å². The lowest BCUT2D eigenvalue weighted by atomic mass is 10.00. The van der Waals surface area contributed by atoms with Crippen molar-refractivity contribution in [2.24, 2.45) is 0 Å². The maximum atomic E-state index is 11.3. The van der Waals surface area contributed by atoms with E-state index in [2.05, 4.69) is 0 Å². The quantitative estimate of drug-likeness (QED) is 0.917. The Morgan fingerprint density at radius 3 is 2.60 bits per heavy atom. The number of ether oxygens (including phenoxy) is 2. The fourth-order valence-electron chi connectivity index (χ4n) is 3.43. The number of aromatic carboxylic acids is 1. The summed E-state index contributed by atoms with van der Waals surface area (Å²) in [7, 11) is 0. The van der Waals surface area contributed by atoms with Gasteiger partial charge in [-0.15, -0.1) is 0 Å². The summed E-state index contributed by atoms with van der Waals surface area (Å²) in [5, 5.41) is 14.0. The Labute approximate surface area is 145 Å². The number of carbonyl (C=O) groups is 1. The highest BCUT2D eigenvalue weighted by atomic mass is 16.5. The molecule has 3 heterocycles. The molecule has 7 nitrogen and oxygen atoms in total. The third kappa shape index (κ3) is 3.29. The second-order valence-corrected chi connectivity index (χ2v) is 6.54. The van der Waals surface area contributed by atoms with Crippen LogP contribution in [0.1, 0.15) is 53.1 Å². The van der Waals surface area contributed by atoms with Crippen LogP contribution in [0.15, 0.2) is 24.3 Å². The van der Waals surface area contributed by atoms with Gasteiger partial charge in [-0.3, -0.25) is 0 Å². The first kappa shape index (κ1) is 16.2. The van der Waals surface area contributed by atoms with Crippen LogP contribution in [-0.2, 0) is 9.47 Å². The van der Waals surface area contributed by atoms with Crippen molar-refractivity contribution in [3.8, 4) is 5.69 Å². The third-order valence-electron chi connectivity index (χ3n) is 4.87. The van der Waals surface area contributed by atoms with E-state index in [1.165, 1.54) is 0 Å². The van der Waals surface area contributed by atoms with Gasteiger partial charge >= 0.3 is 5.97 Å². The summed E-state index contributed by atoms with van der Waals surface area (Å²) in [5.74, 6) is 1.22. The van der Waals surface area contributed by atoms with Gasteiger partial charge in [-0.25, -0.2) is 14.5 Å². The van der Waals surface area contributed by atoms with Crippen molar-refractivity contribution in [2.45, 2.75) is 31.1 Å². The molecule has 0 radical (unpaired) electrons. The van der Waals surface area contributed by atoms with Gasteiger partial charge in [0.1, 0.15) is 5.82 Å². The van der Waals surface area contributed by atoms with Gasteiger partial charge in [0.05, 0.1) is 17.9 Å². The lowest BCUT2D eigenvalue weighted by Crippen LogP contribution is -2.15. The van der Waals surface area contributed by atoms with E-state index in [4.69, 9.17) is 19.6 Å². The maximum Gasteiger partial charge on any atom is 0.335 e. The van der Waals surface area contributed by atoms with Gasteiger partial charge in [-0.05, 0) is 37.5 Å². The Hall–Kier alpha value is -2.25. The van der Waals surface area contributed by atoms with E-state index >= 15 is 0 Å². The third-order valence-corrected chi connectivity index (χ3v) is 4.87. The average Bonchev–Trinajstić information content (AvgIpc) is 3.32. The van der Waals surface area contributed by atoms with Crippen molar-refractivity contribution in [3.05, 3.63) is 41.5 Å². The molecule has 2 aliphatic rings. The summed E-state index contributed by atoms with van der Waals surface area (Å²) in [5.41, 5.74) is 0.974. The topological polar surface area (TPSA) is 86.5 Å². The smallest absolute Gasteiger partial charge is 0.335 e. The van der Waals surface area contributed by atoms with Gasteiger partial charge in [0.2, 0.25) is 0 Å². The first-order valence-electron chi connectivity index (χ1n) is 8.68. The Balaban J connectivity index is 1.75. The van der Waals surface area contributed by atoms with E-state index in [1.54, 1.807) is 22.9 Å². The van der Waals surface area contributed by atoms with E-state index in [-0.39, 0.29) is 11.5 Å². The number of nitrogens with zero attached hydrogens (tertiary/aromatic N) is 3. The Kier molecular flexibility index (Phi) is 4.50. The van der Waals surface area contributed by atoms with Crippen molar-refractivity contribution < 1.29 is 19.4 Å². The number of hydrogen-bond donors (Lipinski definition) is 1. The number of carboxylic acid groups (broad SMARTS) is 1. The van der Waals surface area contributed by atoms with Gasteiger partial charge in [-0.1, -0.05) is 6.07 Å². The van der Waals surface area contributed by atoms with Crippen LogP contribution >= 0.6 is 0 Å². The van der Waals surface area contributed by atoms with Crippen LogP contribution in [-0.4, -0.2) is 52.3 Å². The van der Waals surface area contributed by atoms with Gasteiger partial charge in [0.25, 0.3) is 0 Å². The molecule has 1 N–H and O–H groups in total. The SMILES string of the molecule is O=C(O)c1cccc(-n2nc(C3CCOCC3)nc2C2CCOC2)c1. The van der Waals surface area contributed by atoms with Crippen molar-refractivity contribution in [1.82, 2.24) is 14.8 Å². The van der Waals surface area contributed by atoms with Crippen LogP contribution in [0.2, 0.25) is 0 Å². The predicted molar refractivity (Wildman–Crippen MR) is 89.3 cm³/mol. The zero-order valence-electron chi connectivity index (χ0n) is 13.9. The number of rotatable bonds is 4. The summed E-state index contributed by atoms with van der Waals surface area (Å²) in [6, 6.07) is 6.84. The minimum absolute atomic E-state index is 0.189. The summed E-state index contributed by atoms with van der Waals surface area (Å²) in [6.07, 6.45) is 2.74. The Morgan fingerprint density at radius 1 is 1.12 bits per heavy atom. The zero-order valence-corrected chi connectivity index (χ0v) is 13.9. The van der Waals surface area contributed by atoms with E-state index in [9.17, 15) is 9.90 Å². The molecule has 0 aliphatic carbocycles. The molecule has 4 rings (SSSR count). The molecule has 2 fully saturated rings. The van der Waals surface area contributed by atoms with Crippen molar-refractivity contribution in [3.63, 3.8) is 0 Å². The lowest BCUT2D eigenvalue weighted by Gasteiger charge is -2.18. The van der Waals surface area contributed by atoms with E-state index in [1.807, 2.05) is 6.07 Å². The number of aromatic nitrogens is 3. The molecular formula is C18H21N3O4. The summed E-state index contributed by atoms with van der Waals surface area (Å²) >= 11 is 0. The van der Waals surface area contributed by atoms with Crippen LogP contribution in [0, 0.1) is 0 Å². The van der Waals surface area contributed by atoms with Gasteiger partial charge in [-0.2, -0.15) is 5.10 Å². The molecule has 1 aromatic carbocycles. The fraction of sp³-hybridized carbons (Fsp3) is 0.500. The molecule has 132 valence electrons. The summed E-state index contributed by atoms with van der Waals surface area (Å²) < 4.78 is 12.8. The predicted octanol–water partition coefficient (Wildman–Crippen LogP) is 2.36. The molecule has 2 aliphatic heterocycles. The highest BCUT2D eigenvalue weighted by Crippen LogP contribution is 2.30. The maximum absolute atomic E-state index is 11.3. The lowest BCUT2D eigenvalue weighted by molar-refractivity contribution is 0.0696. The highest BCUT2D eigenvalue weighted by molar-refractivity contribution is 5.88. The van der Waals surface area contributed by atoms with Gasteiger partial charge in [0, 0.05) is 31.7 Å². The van der Waals surface area contributed by atoms with Crippen molar-refractivity contribution >= 4 is 5.97 Å². The first-order valence-corrected chi connectivity index (χ1v) is 8.68. The number of carboxylic acids is 1. The molecule has 1 unspecified atom stereocenters. The standard InChI is InChI=1S/C18H21N3O4/c22-18(23)13-2-1-3-15(10-13)21-17(14-6-9-25-11-14)19-16(20-21)12-4-7-24-8-5-12/h1-3,10,12,14H,4-9,11H2,(H,22,23). The zero-order chi connectivity index (χ0) is 17.2. The molecule has 1 aromatic heterocycles. The molecule has 25 heavy (non-hydrogen) atoms. The minimum Gasteiger partial charge on any atom is -0.478 e. The molecule has 0 bridgehead atoms. The average molecular weight is 343 g/mol. The second-order valence-electron chi connectivity index (χ2n) is 6.54. The van der Waals surface area contributed by atoms with Crippen LogP contribution < -0.4 is 0 Å². The molecular weight excluding hydrogens is 322 g/mol. The highest BCUT2D eigenvalue weighted by Gasteiger charge is 2.28.